The molecule has 1 N–H and O–H groups in total. The Morgan fingerprint density at radius 3 is 2.07 bits per heavy atom. The number of amides is 2. The first-order valence-electron chi connectivity index (χ1n) is 8.50. The van der Waals surface area contributed by atoms with Crippen molar-refractivity contribution < 1.29 is 9.59 Å². The van der Waals surface area contributed by atoms with Gasteiger partial charge in [0.05, 0.1) is 0 Å². The minimum absolute atomic E-state index is 0.0337. The number of hydrogen-bond acceptors (Lipinski definition) is 3. The highest BCUT2D eigenvalue weighted by molar-refractivity contribution is 6.33. The number of benzene rings is 1. The van der Waals surface area contributed by atoms with Crippen LogP contribution < -0.4 is 0 Å². The van der Waals surface area contributed by atoms with Gasteiger partial charge in [0.25, 0.3) is 11.8 Å². The summed E-state index contributed by atoms with van der Waals surface area (Å²) in [5.74, 6) is -0.199. The fourth-order valence-corrected chi connectivity index (χ4v) is 3.71. The molecular weight excluding hydrogens is 387 g/mol. The molecule has 0 atom stereocenters. The zero-order valence-electron chi connectivity index (χ0n) is 14.3. The van der Waals surface area contributed by atoms with Crippen LogP contribution in [0.1, 0.15) is 20.7 Å². The van der Waals surface area contributed by atoms with E-state index in [-0.39, 0.29) is 22.1 Å². The van der Waals surface area contributed by atoms with Crippen molar-refractivity contribution in [2.45, 2.75) is 0 Å². The molecule has 1 aliphatic heterocycles. The molecule has 0 radical (unpaired) electrons. The van der Waals surface area contributed by atoms with Crippen LogP contribution >= 0.6 is 23.2 Å². The van der Waals surface area contributed by atoms with Crippen LogP contribution in [-0.4, -0.2) is 57.8 Å². The molecule has 0 saturated carbocycles. The number of hydrogen-bond donors (Lipinski definition) is 1. The molecule has 0 bridgehead atoms. The SMILES string of the molecule is O=C(c1cc(Cl)nc(Cl)c1)N1CCN(C(=O)c2ccc3cc[nH]c3c2)CC1. The van der Waals surface area contributed by atoms with Gasteiger partial charge in [0.1, 0.15) is 10.3 Å². The second-order valence-electron chi connectivity index (χ2n) is 6.37. The van der Waals surface area contributed by atoms with Gasteiger partial charge in [-0.05, 0) is 35.7 Å². The van der Waals surface area contributed by atoms with E-state index in [0.717, 1.165) is 10.9 Å². The topological polar surface area (TPSA) is 69.3 Å². The largest absolute Gasteiger partial charge is 0.361 e. The van der Waals surface area contributed by atoms with Crippen molar-refractivity contribution in [2.75, 3.05) is 26.2 Å². The van der Waals surface area contributed by atoms with Gasteiger partial charge in [0.2, 0.25) is 0 Å². The van der Waals surface area contributed by atoms with E-state index in [4.69, 9.17) is 23.2 Å². The van der Waals surface area contributed by atoms with Crippen LogP contribution in [-0.2, 0) is 0 Å². The maximum atomic E-state index is 12.8. The summed E-state index contributed by atoms with van der Waals surface area (Å²) in [6.45, 7) is 1.85. The number of carbonyl (C=O) groups excluding carboxylic acids is 2. The number of nitrogens with one attached hydrogen (secondary N) is 1. The monoisotopic (exact) mass is 402 g/mol. The third-order valence-electron chi connectivity index (χ3n) is 4.67. The second-order valence-corrected chi connectivity index (χ2v) is 7.14. The summed E-state index contributed by atoms with van der Waals surface area (Å²) in [4.78, 5) is 35.8. The predicted molar refractivity (Wildman–Crippen MR) is 104 cm³/mol. The van der Waals surface area contributed by atoms with Gasteiger partial charge in [-0.3, -0.25) is 9.59 Å². The van der Waals surface area contributed by atoms with Gasteiger partial charge >= 0.3 is 0 Å². The molecule has 0 spiro atoms. The number of rotatable bonds is 2. The van der Waals surface area contributed by atoms with E-state index in [0.29, 0.717) is 37.3 Å². The molecule has 27 heavy (non-hydrogen) atoms. The molecule has 8 heteroatoms. The second kappa shape index (κ2) is 7.21. The van der Waals surface area contributed by atoms with Crippen LogP contribution in [0.4, 0.5) is 0 Å². The molecule has 138 valence electrons. The van der Waals surface area contributed by atoms with E-state index in [1.165, 1.54) is 12.1 Å². The van der Waals surface area contributed by atoms with Crippen LogP contribution in [0.2, 0.25) is 10.3 Å². The van der Waals surface area contributed by atoms with Crippen LogP contribution in [0.25, 0.3) is 10.9 Å². The lowest BCUT2D eigenvalue weighted by molar-refractivity contribution is 0.0535. The van der Waals surface area contributed by atoms with Crippen LogP contribution in [0.3, 0.4) is 0 Å². The number of pyridine rings is 1. The fraction of sp³-hybridized carbons (Fsp3) is 0.211. The molecule has 2 aromatic heterocycles. The van der Waals surface area contributed by atoms with Crippen LogP contribution in [0.5, 0.6) is 0 Å². The highest BCUT2D eigenvalue weighted by atomic mass is 35.5. The smallest absolute Gasteiger partial charge is 0.254 e. The maximum Gasteiger partial charge on any atom is 0.254 e. The molecular formula is C19H16Cl2N4O2. The summed E-state index contributed by atoms with van der Waals surface area (Å²) in [5.41, 5.74) is 1.97. The van der Waals surface area contributed by atoms with E-state index in [1.54, 1.807) is 9.80 Å². The molecule has 1 saturated heterocycles. The lowest BCUT2D eigenvalue weighted by Gasteiger charge is -2.35. The molecule has 4 rings (SSSR count). The van der Waals surface area contributed by atoms with Gasteiger partial charge in [-0.1, -0.05) is 29.3 Å². The molecule has 0 unspecified atom stereocenters. The minimum Gasteiger partial charge on any atom is -0.361 e. The maximum absolute atomic E-state index is 12.8. The predicted octanol–water partition coefficient (Wildman–Crippen LogP) is 3.47. The van der Waals surface area contributed by atoms with E-state index < -0.39 is 0 Å². The standard InChI is InChI=1S/C19H16Cl2N4O2/c20-16-10-14(11-17(21)23-16)19(27)25-7-5-24(6-8-25)18(26)13-2-1-12-3-4-22-15(12)9-13/h1-4,9-11,22H,5-8H2. The van der Waals surface area contributed by atoms with Gasteiger partial charge in [-0.2, -0.15) is 0 Å². The summed E-state index contributed by atoms with van der Waals surface area (Å²) in [5, 5.41) is 1.43. The molecule has 1 fully saturated rings. The summed E-state index contributed by atoms with van der Waals surface area (Å²) >= 11 is 11.8. The average molecular weight is 403 g/mol. The highest BCUT2D eigenvalue weighted by Gasteiger charge is 2.26. The molecule has 2 amide bonds. The number of piperazine rings is 1. The van der Waals surface area contributed by atoms with Crippen LogP contribution in [0, 0.1) is 0 Å². The van der Waals surface area contributed by atoms with Crippen molar-refractivity contribution in [2.24, 2.45) is 0 Å². The van der Waals surface area contributed by atoms with Crippen molar-refractivity contribution >= 4 is 45.9 Å². The lowest BCUT2D eigenvalue weighted by Crippen LogP contribution is -2.50. The first-order valence-corrected chi connectivity index (χ1v) is 9.25. The van der Waals surface area contributed by atoms with Crippen molar-refractivity contribution in [1.29, 1.82) is 0 Å². The van der Waals surface area contributed by atoms with E-state index in [9.17, 15) is 9.59 Å². The number of carbonyl (C=O) groups is 2. The Hall–Kier alpha value is -2.57. The van der Waals surface area contributed by atoms with Crippen molar-refractivity contribution in [3.05, 3.63) is 64.0 Å². The van der Waals surface area contributed by atoms with Gasteiger partial charge in [0.15, 0.2) is 0 Å². The quantitative estimate of drug-likeness (QED) is 0.667. The van der Waals surface area contributed by atoms with Gasteiger partial charge in [-0.25, -0.2) is 4.98 Å². The minimum atomic E-state index is -0.166. The van der Waals surface area contributed by atoms with Gasteiger partial charge < -0.3 is 14.8 Å². The van der Waals surface area contributed by atoms with Crippen molar-refractivity contribution in [3.8, 4) is 0 Å². The first kappa shape index (κ1) is 17.8. The van der Waals surface area contributed by atoms with Gasteiger partial charge in [0, 0.05) is 49.0 Å². The number of nitrogens with zero attached hydrogens (tertiary/aromatic N) is 3. The number of fused-ring (bicyclic) bond motifs is 1. The number of aromatic amines is 1. The summed E-state index contributed by atoms with van der Waals surface area (Å²) < 4.78 is 0. The Labute approximate surface area is 165 Å². The van der Waals surface area contributed by atoms with Crippen LogP contribution in [0.15, 0.2) is 42.6 Å². The molecule has 3 heterocycles. The molecule has 3 aromatic rings. The zero-order valence-corrected chi connectivity index (χ0v) is 15.8. The number of halogens is 2. The Bertz CT molecular complexity index is 1010. The number of aromatic nitrogens is 2. The van der Waals surface area contributed by atoms with Gasteiger partial charge in [-0.15, -0.1) is 0 Å². The third-order valence-corrected chi connectivity index (χ3v) is 5.05. The Balaban J connectivity index is 1.43. The number of H-pyrrole nitrogens is 1. The zero-order chi connectivity index (χ0) is 19.0. The summed E-state index contributed by atoms with van der Waals surface area (Å²) in [6, 6.07) is 10.6. The Kier molecular flexibility index (Phi) is 4.76. The molecule has 1 aliphatic rings. The summed E-state index contributed by atoms with van der Waals surface area (Å²) in [6.07, 6.45) is 1.85. The normalized spacial score (nSPS) is 14.6. The lowest BCUT2D eigenvalue weighted by atomic mass is 10.1. The van der Waals surface area contributed by atoms with Crippen molar-refractivity contribution in [1.82, 2.24) is 19.8 Å². The molecule has 0 aliphatic carbocycles. The average Bonchev–Trinajstić information content (AvgIpc) is 3.14. The van der Waals surface area contributed by atoms with E-state index in [1.807, 2.05) is 30.5 Å². The van der Waals surface area contributed by atoms with E-state index >= 15 is 0 Å². The van der Waals surface area contributed by atoms with Crippen molar-refractivity contribution in [3.63, 3.8) is 0 Å². The molecule has 1 aromatic carbocycles. The summed E-state index contributed by atoms with van der Waals surface area (Å²) in [7, 11) is 0. The van der Waals surface area contributed by atoms with E-state index in [2.05, 4.69) is 9.97 Å². The third kappa shape index (κ3) is 3.63. The molecule has 6 nitrogen and oxygen atoms in total. The fourth-order valence-electron chi connectivity index (χ4n) is 3.25. The Morgan fingerprint density at radius 1 is 0.852 bits per heavy atom. The Morgan fingerprint density at radius 2 is 1.44 bits per heavy atom. The highest BCUT2D eigenvalue weighted by Crippen LogP contribution is 2.19. The first-order chi connectivity index (χ1) is 13.0.